The third kappa shape index (κ3) is 3.09. The molecule has 2 fully saturated rings. The van der Waals surface area contributed by atoms with Gasteiger partial charge in [-0.25, -0.2) is 4.98 Å². The van der Waals surface area contributed by atoms with Gasteiger partial charge in [0.2, 0.25) is 0 Å². The predicted molar refractivity (Wildman–Crippen MR) is 80.9 cm³/mol. The van der Waals surface area contributed by atoms with Crippen LogP contribution >= 0.6 is 11.3 Å². The Morgan fingerprint density at radius 1 is 1.32 bits per heavy atom. The topological polar surface area (TPSA) is 31.4 Å². The van der Waals surface area contributed by atoms with Crippen molar-refractivity contribution >= 4 is 16.5 Å². The molecule has 0 amide bonds. The average molecular weight is 280 g/mol. The summed E-state index contributed by atoms with van der Waals surface area (Å²) < 4.78 is 0. The van der Waals surface area contributed by atoms with E-state index in [1.54, 1.807) is 11.3 Å². The number of aromatic nitrogens is 1. The van der Waals surface area contributed by atoms with Crippen LogP contribution in [0, 0.1) is 0 Å². The highest BCUT2D eigenvalue weighted by molar-refractivity contribution is 7.13. The summed E-state index contributed by atoms with van der Waals surface area (Å²) in [6, 6.07) is 0.761. The summed E-state index contributed by atoms with van der Waals surface area (Å²) in [7, 11) is 1.97. The Hall–Kier alpha value is -0.650. The van der Waals surface area contributed by atoms with Gasteiger partial charge in [-0.1, -0.05) is 6.42 Å². The monoisotopic (exact) mass is 280 g/mol. The largest absolute Gasteiger partial charge is 0.346 e. The molecule has 3 heterocycles. The van der Waals surface area contributed by atoms with Crippen molar-refractivity contribution < 1.29 is 0 Å². The number of hydrogen-bond donors (Lipinski definition) is 1. The minimum absolute atomic E-state index is 0.761. The fourth-order valence-corrected chi connectivity index (χ4v) is 4.06. The summed E-state index contributed by atoms with van der Waals surface area (Å²) >= 11 is 1.79. The van der Waals surface area contributed by atoms with E-state index in [2.05, 4.69) is 20.5 Å². The first-order valence-corrected chi connectivity index (χ1v) is 8.33. The first-order valence-electron chi connectivity index (χ1n) is 7.45. The Morgan fingerprint density at radius 2 is 2.16 bits per heavy atom. The lowest BCUT2D eigenvalue weighted by Crippen LogP contribution is -2.40. The smallest absolute Gasteiger partial charge is 0.185 e. The number of thiazole rings is 1. The molecule has 0 radical (unpaired) electrons. The first kappa shape index (κ1) is 13.3. The SMILES string of the molecule is CNCc1csc(N2CCC(N3CCCCC3)C2)n1. The van der Waals surface area contributed by atoms with Crippen LogP contribution in [0.3, 0.4) is 0 Å². The minimum atomic E-state index is 0.761. The van der Waals surface area contributed by atoms with Gasteiger partial charge in [0, 0.05) is 31.1 Å². The Morgan fingerprint density at radius 3 is 2.95 bits per heavy atom. The number of hydrogen-bond acceptors (Lipinski definition) is 5. The van der Waals surface area contributed by atoms with Crippen LogP contribution in [0.15, 0.2) is 5.38 Å². The second-order valence-corrected chi connectivity index (χ2v) is 6.47. The molecule has 2 saturated heterocycles. The van der Waals surface area contributed by atoms with Crippen LogP contribution in [0.2, 0.25) is 0 Å². The third-order valence-corrected chi connectivity index (χ3v) is 5.19. The molecule has 0 bridgehead atoms. The fraction of sp³-hybridized carbons (Fsp3) is 0.786. The van der Waals surface area contributed by atoms with Crippen molar-refractivity contribution in [2.24, 2.45) is 0 Å². The summed E-state index contributed by atoms with van der Waals surface area (Å²) in [6.07, 6.45) is 5.51. The van der Waals surface area contributed by atoms with Gasteiger partial charge in [-0.05, 0) is 39.4 Å². The van der Waals surface area contributed by atoms with Gasteiger partial charge in [0.1, 0.15) is 0 Å². The van der Waals surface area contributed by atoms with Crippen LogP contribution in [0.1, 0.15) is 31.4 Å². The molecule has 2 aliphatic rings. The molecule has 5 heteroatoms. The van der Waals surface area contributed by atoms with Crippen molar-refractivity contribution in [3.63, 3.8) is 0 Å². The normalized spacial score (nSPS) is 25.1. The molecule has 0 aromatic carbocycles. The Balaban J connectivity index is 1.58. The van der Waals surface area contributed by atoms with Gasteiger partial charge in [-0.15, -0.1) is 11.3 Å². The standard InChI is InChI=1S/C14H24N4S/c1-15-9-12-11-19-14(16-12)18-8-5-13(10-18)17-6-3-2-4-7-17/h11,13,15H,2-10H2,1H3. The molecular weight excluding hydrogens is 256 g/mol. The van der Waals surface area contributed by atoms with Crippen molar-refractivity contribution in [3.05, 3.63) is 11.1 Å². The van der Waals surface area contributed by atoms with E-state index in [1.165, 1.54) is 62.7 Å². The van der Waals surface area contributed by atoms with Gasteiger partial charge in [0.15, 0.2) is 5.13 Å². The first-order chi connectivity index (χ1) is 9.36. The van der Waals surface area contributed by atoms with Crippen molar-refractivity contribution in [1.29, 1.82) is 0 Å². The van der Waals surface area contributed by atoms with E-state index in [-0.39, 0.29) is 0 Å². The zero-order valence-corrected chi connectivity index (χ0v) is 12.6. The van der Waals surface area contributed by atoms with Gasteiger partial charge < -0.3 is 10.2 Å². The number of piperidine rings is 1. The van der Waals surface area contributed by atoms with Gasteiger partial charge in [-0.2, -0.15) is 0 Å². The molecule has 2 aliphatic heterocycles. The van der Waals surface area contributed by atoms with E-state index < -0.39 is 0 Å². The van der Waals surface area contributed by atoms with Crippen LogP contribution in [0.4, 0.5) is 5.13 Å². The van der Waals surface area contributed by atoms with Crippen LogP contribution < -0.4 is 10.2 Å². The predicted octanol–water partition coefficient (Wildman–Crippen LogP) is 1.93. The van der Waals surface area contributed by atoms with Crippen molar-refractivity contribution in [2.75, 3.05) is 38.1 Å². The molecule has 1 atom stereocenters. The Labute approximate surface area is 119 Å². The highest BCUT2D eigenvalue weighted by Gasteiger charge is 2.29. The zero-order valence-electron chi connectivity index (χ0n) is 11.8. The summed E-state index contributed by atoms with van der Waals surface area (Å²) in [5, 5.41) is 6.56. The number of nitrogens with zero attached hydrogens (tertiary/aromatic N) is 3. The van der Waals surface area contributed by atoms with Crippen LogP contribution in [0.25, 0.3) is 0 Å². The van der Waals surface area contributed by atoms with E-state index in [4.69, 9.17) is 4.98 Å². The highest BCUT2D eigenvalue weighted by Crippen LogP contribution is 2.27. The molecule has 3 rings (SSSR count). The van der Waals surface area contributed by atoms with E-state index in [1.807, 2.05) is 7.05 Å². The number of likely N-dealkylation sites (tertiary alicyclic amines) is 1. The second kappa shape index (κ2) is 6.20. The number of rotatable bonds is 4. The van der Waals surface area contributed by atoms with Crippen LogP contribution in [0.5, 0.6) is 0 Å². The zero-order chi connectivity index (χ0) is 13.1. The van der Waals surface area contributed by atoms with E-state index in [0.29, 0.717) is 0 Å². The molecule has 1 unspecified atom stereocenters. The summed E-state index contributed by atoms with van der Waals surface area (Å²) in [6.45, 7) is 5.84. The Kier molecular flexibility index (Phi) is 4.35. The maximum Gasteiger partial charge on any atom is 0.185 e. The van der Waals surface area contributed by atoms with E-state index >= 15 is 0 Å². The quantitative estimate of drug-likeness (QED) is 0.913. The molecule has 0 saturated carbocycles. The highest BCUT2D eigenvalue weighted by atomic mass is 32.1. The van der Waals surface area contributed by atoms with Crippen LogP contribution in [-0.4, -0.2) is 49.2 Å². The van der Waals surface area contributed by atoms with Gasteiger partial charge >= 0.3 is 0 Å². The Bertz CT molecular complexity index is 400. The lowest BCUT2D eigenvalue weighted by atomic mass is 10.1. The maximum absolute atomic E-state index is 4.72. The minimum Gasteiger partial charge on any atom is -0.346 e. The molecule has 106 valence electrons. The van der Waals surface area contributed by atoms with Crippen molar-refractivity contribution in [2.45, 2.75) is 38.3 Å². The fourth-order valence-electron chi connectivity index (χ4n) is 3.20. The molecule has 4 nitrogen and oxygen atoms in total. The lowest BCUT2D eigenvalue weighted by molar-refractivity contribution is 0.175. The van der Waals surface area contributed by atoms with Gasteiger partial charge in [0.05, 0.1) is 5.69 Å². The van der Waals surface area contributed by atoms with Crippen molar-refractivity contribution in [1.82, 2.24) is 15.2 Å². The van der Waals surface area contributed by atoms with E-state index in [9.17, 15) is 0 Å². The molecule has 1 aromatic heterocycles. The average Bonchev–Trinajstić information content (AvgIpc) is 3.08. The molecular formula is C14H24N4S. The maximum atomic E-state index is 4.72. The summed E-state index contributed by atoms with van der Waals surface area (Å²) in [5.41, 5.74) is 1.17. The third-order valence-electron chi connectivity index (χ3n) is 4.24. The van der Waals surface area contributed by atoms with Gasteiger partial charge in [-0.3, -0.25) is 4.90 Å². The van der Waals surface area contributed by atoms with Crippen LogP contribution in [-0.2, 0) is 6.54 Å². The number of nitrogens with one attached hydrogen (secondary N) is 1. The molecule has 0 aliphatic carbocycles. The van der Waals surface area contributed by atoms with Crippen molar-refractivity contribution in [3.8, 4) is 0 Å². The molecule has 1 aromatic rings. The molecule has 19 heavy (non-hydrogen) atoms. The lowest BCUT2D eigenvalue weighted by Gasteiger charge is -2.32. The number of anilines is 1. The molecule has 1 N–H and O–H groups in total. The molecule has 0 spiro atoms. The van der Waals surface area contributed by atoms with Gasteiger partial charge in [0.25, 0.3) is 0 Å². The van der Waals surface area contributed by atoms with E-state index in [0.717, 1.165) is 12.6 Å². The summed E-state index contributed by atoms with van der Waals surface area (Å²) in [5.74, 6) is 0. The second-order valence-electron chi connectivity index (χ2n) is 5.64. The summed E-state index contributed by atoms with van der Waals surface area (Å²) in [4.78, 5) is 9.90.